The molecule has 0 aliphatic carbocycles. The number of ether oxygens (including phenoxy) is 1. The normalized spacial score (nSPS) is 10.5. The standard InChI is InChI=1S/C14H14O2S.C7H8O/c1-11-8-9-12(2)14(10-11)17(15,16)13-6-4-3-5-7-13;1-8-7-5-3-2-4-6-7/h3-10H,1-2H3;2-6H,1H3. The van der Waals surface area contributed by atoms with Crippen LogP contribution in [0.4, 0.5) is 0 Å². The van der Waals surface area contributed by atoms with Crippen molar-refractivity contribution in [1.29, 1.82) is 0 Å². The van der Waals surface area contributed by atoms with E-state index in [9.17, 15) is 8.42 Å². The summed E-state index contributed by atoms with van der Waals surface area (Å²) in [7, 11) is -1.73. The first-order valence-electron chi connectivity index (χ1n) is 7.91. The average molecular weight is 354 g/mol. The molecule has 0 aliphatic rings. The second-order valence-electron chi connectivity index (χ2n) is 5.60. The third-order valence-electron chi connectivity index (χ3n) is 3.67. The molecule has 3 aromatic carbocycles. The van der Waals surface area contributed by atoms with Crippen LogP contribution in [0.15, 0.2) is 88.7 Å². The van der Waals surface area contributed by atoms with Crippen LogP contribution in [0, 0.1) is 13.8 Å². The van der Waals surface area contributed by atoms with Crippen LogP contribution in [0.25, 0.3) is 0 Å². The fourth-order valence-electron chi connectivity index (χ4n) is 2.28. The number of hydrogen-bond acceptors (Lipinski definition) is 3. The second-order valence-corrected chi connectivity index (χ2v) is 7.52. The lowest BCUT2D eigenvalue weighted by Gasteiger charge is -2.08. The number of hydrogen-bond donors (Lipinski definition) is 0. The second kappa shape index (κ2) is 8.49. The van der Waals surface area contributed by atoms with Crippen molar-refractivity contribution in [2.75, 3.05) is 7.11 Å². The Morgan fingerprint density at radius 2 is 1.32 bits per heavy atom. The summed E-state index contributed by atoms with van der Waals surface area (Å²) in [5.74, 6) is 0.910. The predicted molar refractivity (Wildman–Crippen MR) is 101 cm³/mol. The fraction of sp³-hybridized carbons (Fsp3) is 0.143. The highest BCUT2D eigenvalue weighted by molar-refractivity contribution is 7.91. The maximum Gasteiger partial charge on any atom is 0.206 e. The topological polar surface area (TPSA) is 43.4 Å². The van der Waals surface area contributed by atoms with Gasteiger partial charge in [0.25, 0.3) is 0 Å². The number of benzene rings is 3. The molecular formula is C21H22O3S. The van der Waals surface area contributed by atoms with E-state index < -0.39 is 9.84 Å². The zero-order valence-corrected chi connectivity index (χ0v) is 15.5. The highest BCUT2D eigenvalue weighted by Gasteiger charge is 2.19. The number of rotatable bonds is 3. The fourth-order valence-corrected chi connectivity index (χ4v) is 3.88. The Labute approximate surface area is 149 Å². The summed E-state index contributed by atoms with van der Waals surface area (Å²) < 4.78 is 29.7. The van der Waals surface area contributed by atoms with Crippen LogP contribution >= 0.6 is 0 Å². The van der Waals surface area contributed by atoms with Gasteiger partial charge in [-0.05, 0) is 55.3 Å². The summed E-state index contributed by atoms with van der Waals surface area (Å²) in [5, 5.41) is 0. The minimum absolute atomic E-state index is 0.341. The molecule has 3 aromatic rings. The third-order valence-corrected chi connectivity index (χ3v) is 5.58. The molecule has 0 bridgehead atoms. The minimum Gasteiger partial charge on any atom is -0.497 e. The summed E-state index contributed by atoms with van der Waals surface area (Å²) in [6.45, 7) is 3.71. The van der Waals surface area contributed by atoms with Gasteiger partial charge in [0, 0.05) is 0 Å². The van der Waals surface area contributed by atoms with Crippen molar-refractivity contribution in [3.05, 3.63) is 90.0 Å². The zero-order valence-electron chi connectivity index (χ0n) is 14.6. The third kappa shape index (κ3) is 4.94. The van der Waals surface area contributed by atoms with E-state index in [4.69, 9.17) is 4.74 Å². The van der Waals surface area contributed by atoms with Crippen molar-refractivity contribution in [1.82, 2.24) is 0 Å². The Bertz CT molecular complexity index is 902. The molecule has 130 valence electrons. The molecule has 3 rings (SSSR count). The summed E-state index contributed by atoms with van der Waals surface area (Å²) >= 11 is 0. The maximum absolute atomic E-state index is 12.4. The van der Waals surface area contributed by atoms with Gasteiger partial charge in [0.2, 0.25) is 9.84 Å². The molecular weight excluding hydrogens is 332 g/mol. The van der Waals surface area contributed by atoms with E-state index in [2.05, 4.69) is 0 Å². The van der Waals surface area contributed by atoms with Crippen molar-refractivity contribution >= 4 is 9.84 Å². The highest BCUT2D eigenvalue weighted by Crippen LogP contribution is 2.24. The summed E-state index contributed by atoms with van der Waals surface area (Å²) in [5.41, 5.74) is 1.73. The van der Waals surface area contributed by atoms with Gasteiger partial charge < -0.3 is 4.74 Å². The van der Waals surface area contributed by atoms with Crippen molar-refractivity contribution < 1.29 is 13.2 Å². The minimum atomic E-state index is -3.39. The molecule has 0 saturated carbocycles. The van der Waals surface area contributed by atoms with E-state index in [0.717, 1.165) is 16.9 Å². The molecule has 4 heteroatoms. The van der Waals surface area contributed by atoms with Gasteiger partial charge in [-0.25, -0.2) is 8.42 Å². The lowest BCUT2D eigenvalue weighted by Crippen LogP contribution is -2.04. The van der Waals surface area contributed by atoms with Gasteiger partial charge in [-0.3, -0.25) is 0 Å². The molecule has 0 spiro atoms. The molecule has 0 N–H and O–H groups in total. The molecule has 3 nitrogen and oxygen atoms in total. The zero-order chi connectivity index (χ0) is 18.3. The summed E-state index contributed by atoms with van der Waals surface area (Å²) in [4.78, 5) is 0.734. The van der Waals surface area contributed by atoms with Gasteiger partial charge in [0.15, 0.2) is 0 Å². The first-order chi connectivity index (χ1) is 11.9. The Morgan fingerprint density at radius 1 is 0.760 bits per heavy atom. The molecule has 0 aliphatic heterocycles. The lowest BCUT2D eigenvalue weighted by atomic mass is 10.2. The van der Waals surface area contributed by atoms with E-state index >= 15 is 0 Å². The Hall–Kier alpha value is -2.59. The SMILES string of the molecule is COc1ccccc1.Cc1ccc(C)c(S(=O)(=O)c2ccccc2)c1. The van der Waals surface area contributed by atoms with Crippen molar-refractivity contribution in [3.63, 3.8) is 0 Å². The summed E-state index contributed by atoms with van der Waals surface area (Å²) in [6.07, 6.45) is 0. The average Bonchev–Trinajstić information content (AvgIpc) is 2.65. The molecule has 25 heavy (non-hydrogen) atoms. The molecule has 0 fully saturated rings. The van der Waals surface area contributed by atoms with Gasteiger partial charge in [0.1, 0.15) is 5.75 Å². The first kappa shape index (κ1) is 18.7. The van der Waals surface area contributed by atoms with Gasteiger partial charge in [-0.1, -0.05) is 48.5 Å². The molecule has 0 amide bonds. The van der Waals surface area contributed by atoms with Crippen LogP contribution in [0.3, 0.4) is 0 Å². The van der Waals surface area contributed by atoms with E-state index in [-0.39, 0.29) is 0 Å². The smallest absolute Gasteiger partial charge is 0.206 e. The van der Waals surface area contributed by atoms with Crippen molar-refractivity contribution in [3.8, 4) is 5.75 Å². The Morgan fingerprint density at radius 3 is 1.84 bits per heavy atom. The van der Waals surface area contributed by atoms with E-state index in [1.54, 1.807) is 37.4 Å². The molecule has 0 heterocycles. The number of aryl methyl sites for hydroxylation is 2. The van der Waals surface area contributed by atoms with Crippen molar-refractivity contribution in [2.24, 2.45) is 0 Å². The van der Waals surface area contributed by atoms with Crippen molar-refractivity contribution in [2.45, 2.75) is 23.6 Å². The van der Waals surface area contributed by atoms with Crippen LogP contribution in [-0.4, -0.2) is 15.5 Å². The number of para-hydroxylation sites is 1. The molecule has 0 atom stereocenters. The molecule has 0 aromatic heterocycles. The van der Waals surface area contributed by atoms with Crippen LogP contribution in [0.2, 0.25) is 0 Å². The molecule has 0 saturated heterocycles. The number of sulfone groups is 1. The van der Waals surface area contributed by atoms with E-state index in [1.807, 2.05) is 62.4 Å². The highest BCUT2D eigenvalue weighted by atomic mass is 32.2. The maximum atomic E-state index is 12.4. The van der Waals surface area contributed by atoms with Gasteiger partial charge in [-0.15, -0.1) is 0 Å². The monoisotopic (exact) mass is 354 g/mol. The van der Waals surface area contributed by atoms with E-state index in [0.29, 0.717) is 9.79 Å². The largest absolute Gasteiger partial charge is 0.497 e. The van der Waals surface area contributed by atoms with Gasteiger partial charge in [-0.2, -0.15) is 0 Å². The van der Waals surface area contributed by atoms with E-state index in [1.165, 1.54) is 0 Å². The van der Waals surface area contributed by atoms with Crippen LogP contribution in [0.1, 0.15) is 11.1 Å². The van der Waals surface area contributed by atoms with Crippen LogP contribution in [-0.2, 0) is 9.84 Å². The Kier molecular flexibility index (Phi) is 6.37. The quantitative estimate of drug-likeness (QED) is 0.676. The first-order valence-corrected chi connectivity index (χ1v) is 9.40. The lowest BCUT2D eigenvalue weighted by molar-refractivity contribution is 0.415. The van der Waals surface area contributed by atoms with Gasteiger partial charge in [0.05, 0.1) is 16.9 Å². The van der Waals surface area contributed by atoms with Gasteiger partial charge >= 0.3 is 0 Å². The predicted octanol–water partition coefficient (Wildman–Crippen LogP) is 4.83. The Balaban J connectivity index is 0.000000236. The molecule has 0 unspecified atom stereocenters. The molecule has 0 radical (unpaired) electrons. The number of methoxy groups -OCH3 is 1. The van der Waals surface area contributed by atoms with Crippen LogP contribution in [0.5, 0.6) is 5.75 Å². The summed E-state index contributed by atoms with van der Waals surface area (Å²) in [6, 6.07) is 23.7. The van der Waals surface area contributed by atoms with Crippen LogP contribution < -0.4 is 4.74 Å².